The maximum atomic E-state index is 12.4. The minimum Gasteiger partial charge on any atom is -0.478 e. The fourth-order valence-electron chi connectivity index (χ4n) is 3.33. The van der Waals surface area contributed by atoms with Gasteiger partial charge < -0.3 is 20.1 Å². The van der Waals surface area contributed by atoms with Crippen molar-refractivity contribution >= 4 is 12.1 Å². The van der Waals surface area contributed by atoms with E-state index >= 15 is 0 Å². The summed E-state index contributed by atoms with van der Waals surface area (Å²) in [6.07, 6.45) is 3.60. The number of nitrogens with one attached hydrogen (secondary N) is 2. The van der Waals surface area contributed by atoms with E-state index < -0.39 is 17.7 Å². The van der Waals surface area contributed by atoms with Crippen LogP contribution in [0.15, 0.2) is 60.9 Å². The molecular weight excluding hydrogens is 394 g/mol. The van der Waals surface area contributed by atoms with Crippen LogP contribution in [-0.2, 0) is 17.6 Å². The zero-order valence-electron chi connectivity index (χ0n) is 17.9. The number of nitrogens with zero attached hydrogens (tertiary/aromatic N) is 1. The van der Waals surface area contributed by atoms with E-state index in [0.29, 0.717) is 24.2 Å². The van der Waals surface area contributed by atoms with Gasteiger partial charge in [-0.05, 0) is 51.0 Å². The highest BCUT2D eigenvalue weighted by Gasteiger charge is 2.23. The van der Waals surface area contributed by atoms with Crippen LogP contribution in [0.25, 0.3) is 11.3 Å². The number of rotatable bonds is 7. The minimum atomic E-state index is -1.03. The standard InChI is InChI=1S/C24H27N3O4/c1-24(2,3)31-23(30)26-18(13-16-7-5-4-6-8-16)14-21-19(22(28)29)15-20(27-21)17-9-11-25-12-10-17/h4-12,15,18,27H,13-14H2,1-3H3,(H,26,30)(H,28,29). The third-order valence-corrected chi connectivity index (χ3v) is 4.62. The zero-order chi connectivity index (χ0) is 22.4. The highest BCUT2D eigenvalue weighted by molar-refractivity contribution is 5.91. The van der Waals surface area contributed by atoms with Gasteiger partial charge in [0.2, 0.25) is 0 Å². The molecule has 31 heavy (non-hydrogen) atoms. The summed E-state index contributed by atoms with van der Waals surface area (Å²) < 4.78 is 5.41. The number of ether oxygens (including phenoxy) is 1. The average molecular weight is 421 g/mol. The molecular formula is C24H27N3O4. The molecule has 1 amide bonds. The largest absolute Gasteiger partial charge is 0.478 e. The molecule has 0 spiro atoms. The van der Waals surface area contributed by atoms with E-state index in [-0.39, 0.29) is 11.6 Å². The molecule has 3 rings (SSSR count). The van der Waals surface area contributed by atoms with Crippen LogP contribution in [0.1, 0.15) is 42.4 Å². The lowest BCUT2D eigenvalue weighted by Gasteiger charge is -2.24. The Morgan fingerprint density at radius 2 is 1.77 bits per heavy atom. The van der Waals surface area contributed by atoms with Crippen LogP contribution in [0.2, 0.25) is 0 Å². The second-order valence-electron chi connectivity index (χ2n) is 8.35. The molecule has 0 aliphatic heterocycles. The van der Waals surface area contributed by atoms with Gasteiger partial charge >= 0.3 is 12.1 Å². The summed E-state index contributed by atoms with van der Waals surface area (Å²) in [4.78, 5) is 31.5. The zero-order valence-corrected chi connectivity index (χ0v) is 17.9. The lowest BCUT2D eigenvalue weighted by molar-refractivity contribution is 0.0504. The van der Waals surface area contributed by atoms with Crippen LogP contribution in [0, 0.1) is 0 Å². The smallest absolute Gasteiger partial charge is 0.407 e. The summed E-state index contributed by atoms with van der Waals surface area (Å²) in [6, 6.07) is 14.6. The predicted octanol–water partition coefficient (Wildman–Crippen LogP) is 4.45. The van der Waals surface area contributed by atoms with Gasteiger partial charge in [0.05, 0.1) is 5.56 Å². The fourth-order valence-corrected chi connectivity index (χ4v) is 3.33. The second-order valence-corrected chi connectivity index (χ2v) is 8.35. The summed E-state index contributed by atoms with van der Waals surface area (Å²) >= 11 is 0. The number of alkyl carbamates (subject to hydrolysis) is 1. The van der Waals surface area contributed by atoms with Crippen LogP contribution < -0.4 is 5.32 Å². The molecule has 7 nitrogen and oxygen atoms in total. The molecule has 162 valence electrons. The van der Waals surface area contributed by atoms with Crippen molar-refractivity contribution in [3.63, 3.8) is 0 Å². The first-order valence-electron chi connectivity index (χ1n) is 10.1. The molecule has 1 unspecified atom stereocenters. The number of carboxylic acids is 1. The van der Waals surface area contributed by atoms with E-state index in [4.69, 9.17) is 4.74 Å². The highest BCUT2D eigenvalue weighted by atomic mass is 16.6. The van der Waals surface area contributed by atoms with Crippen molar-refractivity contribution in [2.45, 2.75) is 45.3 Å². The van der Waals surface area contributed by atoms with E-state index in [1.54, 1.807) is 39.2 Å². The summed E-state index contributed by atoms with van der Waals surface area (Å²) in [5, 5.41) is 12.6. The third kappa shape index (κ3) is 6.44. The summed E-state index contributed by atoms with van der Waals surface area (Å²) in [5.41, 5.74) is 2.64. The van der Waals surface area contributed by atoms with Crippen molar-refractivity contribution in [1.82, 2.24) is 15.3 Å². The number of aromatic carboxylic acids is 1. The quantitative estimate of drug-likeness (QED) is 0.523. The molecule has 2 heterocycles. The van der Waals surface area contributed by atoms with Crippen molar-refractivity contribution in [1.29, 1.82) is 0 Å². The first-order chi connectivity index (χ1) is 14.7. The number of hydrogen-bond donors (Lipinski definition) is 3. The molecule has 0 saturated heterocycles. The number of hydrogen-bond acceptors (Lipinski definition) is 4. The number of carbonyl (C=O) groups excluding carboxylic acids is 1. The summed E-state index contributed by atoms with van der Waals surface area (Å²) in [5.74, 6) is -1.03. The Morgan fingerprint density at radius 3 is 2.39 bits per heavy atom. The molecule has 0 aliphatic carbocycles. The molecule has 1 atom stereocenters. The SMILES string of the molecule is CC(C)(C)OC(=O)NC(Cc1ccccc1)Cc1[nH]c(-c2ccncc2)cc1C(=O)O. The number of carboxylic acid groups (broad SMARTS) is 1. The van der Waals surface area contributed by atoms with Gasteiger partial charge in [-0.25, -0.2) is 9.59 Å². The van der Waals surface area contributed by atoms with Crippen molar-refractivity contribution in [3.05, 3.63) is 77.7 Å². The van der Waals surface area contributed by atoms with Gasteiger partial charge in [-0.2, -0.15) is 0 Å². The maximum Gasteiger partial charge on any atom is 0.407 e. The molecule has 1 aromatic carbocycles. The van der Waals surface area contributed by atoms with Crippen molar-refractivity contribution < 1.29 is 19.4 Å². The molecule has 3 aromatic rings. The van der Waals surface area contributed by atoms with Crippen molar-refractivity contribution in [2.75, 3.05) is 0 Å². The van der Waals surface area contributed by atoms with Crippen LogP contribution in [0.3, 0.4) is 0 Å². The Bertz CT molecular complexity index is 1020. The Labute approximate surface area is 181 Å². The molecule has 0 radical (unpaired) electrons. The predicted molar refractivity (Wildman–Crippen MR) is 118 cm³/mol. The number of pyridine rings is 1. The second kappa shape index (κ2) is 9.47. The van der Waals surface area contributed by atoms with Gasteiger partial charge in [0.15, 0.2) is 0 Å². The maximum absolute atomic E-state index is 12.4. The molecule has 0 fully saturated rings. The monoisotopic (exact) mass is 421 g/mol. The first kappa shape index (κ1) is 22.1. The Kier molecular flexibility index (Phi) is 6.74. The number of benzene rings is 1. The first-order valence-corrected chi connectivity index (χ1v) is 10.1. The fraction of sp³-hybridized carbons (Fsp3) is 0.292. The van der Waals surface area contributed by atoms with E-state index in [1.165, 1.54) is 0 Å². The number of H-pyrrole nitrogens is 1. The van der Waals surface area contributed by atoms with Crippen LogP contribution in [0.5, 0.6) is 0 Å². The molecule has 7 heteroatoms. The van der Waals surface area contributed by atoms with Gasteiger partial charge in [-0.1, -0.05) is 30.3 Å². The van der Waals surface area contributed by atoms with Crippen LogP contribution in [0.4, 0.5) is 4.79 Å². The van der Waals surface area contributed by atoms with Gasteiger partial charge in [0, 0.05) is 41.8 Å². The molecule has 3 N–H and O–H groups in total. The van der Waals surface area contributed by atoms with Gasteiger partial charge in [0.1, 0.15) is 5.60 Å². The van der Waals surface area contributed by atoms with Gasteiger partial charge in [0.25, 0.3) is 0 Å². The van der Waals surface area contributed by atoms with Gasteiger partial charge in [-0.15, -0.1) is 0 Å². The van der Waals surface area contributed by atoms with E-state index in [9.17, 15) is 14.7 Å². The number of aromatic nitrogens is 2. The van der Waals surface area contributed by atoms with Gasteiger partial charge in [-0.3, -0.25) is 4.98 Å². The van der Waals surface area contributed by atoms with E-state index in [2.05, 4.69) is 15.3 Å². The van der Waals surface area contributed by atoms with E-state index in [0.717, 1.165) is 11.1 Å². The highest BCUT2D eigenvalue weighted by Crippen LogP contribution is 2.23. The average Bonchev–Trinajstić information content (AvgIpc) is 3.12. The number of aromatic amines is 1. The lowest BCUT2D eigenvalue weighted by atomic mass is 10.0. The van der Waals surface area contributed by atoms with Crippen LogP contribution in [-0.4, -0.2) is 38.8 Å². The van der Waals surface area contributed by atoms with Crippen molar-refractivity contribution in [3.8, 4) is 11.3 Å². The summed E-state index contributed by atoms with van der Waals surface area (Å²) in [7, 11) is 0. The molecule has 0 bridgehead atoms. The minimum absolute atomic E-state index is 0.177. The number of amides is 1. The Morgan fingerprint density at radius 1 is 1.10 bits per heavy atom. The Hall–Kier alpha value is -3.61. The van der Waals surface area contributed by atoms with E-state index in [1.807, 2.05) is 42.5 Å². The lowest BCUT2D eigenvalue weighted by Crippen LogP contribution is -2.41. The molecule has 0 saturated carbocycles. The van der Waals surface area contributed by atoms with Crippen LogP contribution >= 0.6 is 0 Å². The molecule has 0 aliphatic rings. The topological polar surface area (TPSA) is 104 Å². The normalized spacial score (nSPS) is 12.2. The third-order valence-electron chi connectivity index (χ3n) is 4.62. The Balaban J connectivity index is 1.88. The summed E-state index contributed by atoms with van der Waals surface area (Å²) in [6.45, 7) is 5.40. The number of carbonyl (C=O) groups is 2. The molecule has 2 aromatic heterocycles. The van der Waals surface area contributed by atoms with Crippen molar-refractivity contribution in [2.24, 2.45) is 0 Å².